The molecule has 88 valence electrons. The zero-order chi connectivity index (χ0) is 11.4. The van der Waals surface area contributed by atoms with E-state index in [9.17, 15) is 5.11 Å². The molecule has 2 rings (SSSR count). The van der Waals surface area contributed by atoms with Crippen LogP contribution in [0.1, 0.15) is 18.9 Å². The van der Waals surface area contributed by atoms with Crippen molar-refractivity contribution in [1.29, 1.82) is 0 Å². The summed E-state index contributed by atoms with van der Waals surface area (Å²) in [7, 11) is 0. The number of rotatable bonds is 4. The van der Waals surface area contributed by atoms with Crippen molar-refractivity contribution in [3.05, 3.63) is 35.9 Å². The quantitative estimate of drug-likeness (QED) is 0.846. The van der Waals surface area contributed by atoms with Crippen molar-refractivity contribution in [3.63, 3.8) is 0 Å². The fourth-order valence-electron chi connectivity index (χ4n) is 1.85. The van der Waals surface area contributed by atoms with E-state index in [0.29, 0.717) is 13.2 Å². The molecule has 0 amide bonds. The van der Waals surface area contributed by atoms with Crippen LogP contribution < -0.4 is 0 Å². The van der Waals surface area contributed by atoms with Gasteiger partial charge in [0.05, 0.1) is 13.2 Å². The summed E-state index contributed by atoms with van der Waals surface area (Å²) in [4.78, 5) is 0. The van der Waals surface area contributed by atoms with Gasteiger partial charge in [-0.25, -0.2) is 0 Å². The normalized spacial score (nSPS) is 29.5. The monoisotopic (exact) mass is 222 g/mol. The molecule has 3 heteroatoms. The second-order valence-corrected chi connectivity index (χ2v) is 4.36. The zero-order valence-electron chi connectivity index (χ0n) is 9.56. The van der Waals surface area contributed by atoms with Gasteiger partial charge < -0.3 is 14.6 Å². The molecule has 0 radical (unpaired) electrons. The highest BCUT2D eigenvalue weighted by Gasteiger charge is 2.39. The molecule has 2 atom stereocenters. The molecule has 3 nitrogen and oxygen atoms in total. The molecule has 0 spiro atoms. The van der Waals surface area contributed by atoms with E-state index in [1.54, 1.807) is 0 Å². The first-order valence-corrected chi connectivity index (χ1v) is 5.69. The van der Waals surface area contributed by atoms with Gasteiger partial charge >= 0.3 is 0 Å². The lowest BCUT2D eigenvalue weighted by Gasteiger charge is -2.26. The average molecular weight is 222 g/mol. The summed E-state index contributed by atoms with van der Waals surface area (Å²) < 4.78 is 10.8. The van der Waals surface area contributed by atoms with Crippen LogP contribution in [0.5, 0.6) is 0 Å². The van der Waals surface area contributed by atoms with Gasteiger partial charge in [0.1, 0.15) is 6.61 Å². The molecular formula is C13H18O3. The minimum absolute atomic E-state index is 0.142. The number of aliphatic hydroxyl groups is 1. The van der Waals surface area contributed by atoms with E-state index in [0.717, 1.165) is 12.0 Å². The standard InChI is InChI=1S/C13H18O3/c1-11-7-8-16-13(11,14)10-15-9-12-5-3-2-4-6-12/h2-6,11,14H,7-10H2,1H3. The Labute approximate surface area is 96.0 Å². The molecule has 1 saturated heterocycles. The Morgan fingerprint density at radius 2 is 2.19 bits per heavy atom. The van der Waals surface area contributed by atoms with Crippen molar-refractivity contribution in [2.75, 3.05) is 13.2 Å². The Morgan fingerprint density at radius 3 is 2.81 bits per heavy atom. The van der Waals surface area contributed by atoms with Crippen molar-refractivity contribution in [2.24, 2.45) is 5.92 Å². The van der Waals surface area contributed by atoms with Gasteiger partial charge in [0.2, 0.25) is 0 Å². The fourth-order valence-corrected chi connectivity index (χ4v) is 1.85. The van der Waals surface area contributed by atoms with Gasteiger partial charge in [0, 0.05) is 5.92 Å². The molecule has 0 saturated carbocycles. The Balaban J connectivity index is 1.80. The molecule has 1 aliphatic rings. The predicted octanol–water partition coefficient (Wildman–Crippen LogP) is 1.95. The van der Waals surface area contributed by atoms with Gasteiger partial charge in [-0.15, -0.1) is 0 Å². The van der Waals surface area contributed by atoms with Crippen LogP contribution >= 0.6 is 0 Å². The van der Waals surface area contributed by atoms with Crippen LogP contribution in [0.2, 0.25) is 0 Å². The van der Waals surface area contributed by atoms with Crippen LogP contribution in [0.4, 0.5) is 0 Å². The van der Waals surface area contributed by atoms with Gasteiger partial charge in [-0.1, -0.05) is 37.3 Å². The number of ether oxygens (including phenoxy) is 2. The highest BCUT2D eigenvalue weighted by atomic mass is 16.7. The summed E-state index contributed by atoms with van der Waals surface area (Å²) in [5.41, 5.74) is 1.11. The Bertz CT molecular complexity index is 325. The van der Waals surface area contributed by atoms with Gasteiger partial charge in [-0.3, -0.25) is 0 Å². The van der Waals surface area contributed by atoms with Crippen LogP contribution in [0.15, 0.2) is 30.3 Å². The van der Waals surface area contributed by atoms with Crippen LogP contribution in [0.3, 0.4) is 0 Å². The molecule has 1 aromatic rings. The van der Waals surface area contributed by atoms with E-state index in [1.165, 1.54) is 0 Å². The highest BCUT2D eigenvalue weighted by molar-refractivity contribution is 5.13. The van der Waals surface area contributed by atoms with E-state index < -0.39 is 5.79 Å². The Hall–Kier alpha value is -0.900. The van der Waals surface area contributed by atoms with Crippen molar-refractivity contribution < 1.29 is 14.6 Å². The molecule has 0 aromatic heterocycles. The third-order valence-electron chi connectivity index (χ3n) is 3.09. The lowest BCUT2D eigenvalue weighted by molar-refractivity contribution is -0.224. The van der Waals surface area contributed by atoms with Crippen LogP contribution in [0.25, 0.3) is 0 Å². The molecule has 1 N–H and O–H groups in total. The van der Waals surface area contributed by atoms with E-state index in [2.05, 4.69) is 0 Å². The summed E-state index contributed by atoms with van der Waals surface area (Å²) in [5.74, 6) is -0.947. The van der Waals surface area contributed by atoms with Crippen molar-refractivity contribution >= 4 is 0 Å². The van der Waals surface area contributed by atoms with Gasteiger partial charge in [-0.05, 0) is 12.0 Å². The average Bonchev–Trinajstić information content (AvgIpc) is 2.61. The number of benzene rings is 1. The molecule has 1 aromatic carbocycles. The van der Waals surface area contributed by atoms with Crippen molar-refractivity contribution in [2.45, 2.75) is 25.7 Å². The van der Waals surface area contributed by atoms with E-state index in [-0.39, 0.29) is 12.5 Å². The van der Waals surface area contributed by atoms with Gasteiger partial charge in [0.25, 0.3) is 0 Å². The topological polar surface area (TPSA) is 38.7 Å². The highest BCUT2D eigenvalue weighted by Crippen LogP contribution is 2.29. The van der Waals surface area contributed by atoms with E-state index >= 15 is 0 Å². The van der Waals surface area contributed by atoms with Crippen molar-refractivity contribution in [1.82, 2.24) is 0 Å². The number of hydrogen-bond acceptors (Lipinski definition) is 3. The first kappa shape index (κ1) is 11.6. The van der Waals surface area contributed by atoms with Crippen molar-refractivity contribution in [3.8, 4) is 0 Å². The Morgan fingerprint density at radius 1 is 1.44 bits per heavy atom. The maximum Gasteiger partial charge on any atom is 0.191 e. The molecule has 1 fully saturated rings. The van der Waals surface area contributed by atoms with Crippen LogP contribution in [-0.4, -0.2) is 24.1 Å². The largest absolute Gasteiger partial charge is 0.371 e. The zero-order valence-corrected chi connectivity index (χ0v) is 9.56. The van der Waals surface area contributed by atoms with Gasteiger partial charge in [0.15, 0.2) is 5.79 Å². The third kappa shape index (κ3) is 2.61. The first-order chi connectivity index (χ1) is 7.71. The SMILES string of the molecule is CC1CCOC1(O)COCc1ccccc1. The summed E-state index contributed by atoms with van der Waals surface area (Å²) in [6.45, 7) is 3.35. The Kier molecular flexibility index (Phi) is 3.59. The maximum absolute atomic E-state index is 10.1. The molecule has 1 heterocycles. The molecule has 0 aliphatic carbocycles. The first-order valence-electron chi connectivity index (χ1n) is 5.69. The summed E-state index contributed by atoms with van der Waals surface area (Å²) in [5, 5.41) is 10.1. The van der Waals surface area contributed by atoms with Crippen LogP contribution in [-0.2, 0) is 16.1 Å². The second-order valence-electron chi connectivity index (χ2n) is 4.36. The van der Waals surface area contributed by atoms with Gasteiger partial charge in [-0.2, -0.15) is 0 Å². The molecule has 0 bridgehead atoms. The van der Waals surface area contributed by atoms with Crippen LogP contribution in [0, 0.1) is 5.92 Å². The smallest absolute Gasteiger partial charge is 0.191 e. The second kappa shape index (κ2) is 4.95. The van der Waals surface area contributed by atoms with E-state index in [4.69, 9.17) is 9.47 Å². The fraction of sp³-hybridized carbons (Fsp3) is 0.538. The molecule has 1 aliphatic heterocycles. The lowest BCUT2D eigenvalue weighted by atomic mass is 10.0. The molecule has 16 heavy (non-hydrogen) atoms. The summed E-state index contributed by atoms with van der Waals surface area (Å²) in [6.07, 6.45) is 0.894. The molecule has 2 unspecified atom stereocenters. The minimum Gasteiger partial charge on any atom is -0.371 e. The summed E-state index contributed by atoms with van der Waals surface area (Å²) >= 11 is 0. The maximum atomic E-state index is 10.1. The molecular weight excluding hydrogens is 204 g/mol. The number of hydrogen-bond donors (Lipinski definition) is 1. The summed E-state index contributed by atoms with van der Waals surface area (Å²) in [6, 6.07) is 9.93. The van der Waals surface area contributed by atoms with E-state index in [1.807, 2.05) is 37.3 Å². The lowest BCUT2D eigenvalue weighted by Crippen LogP contribution is -2.38. The third-order valence-corrected chi connectivity index (χ3v) is 3.09. The predicted molar refractivity (Wildman–Crippen MR) is 60.8 cm³/mol. The minimum atomic E-state index is -1.09.